The van der Waals surface area contributed by atoms with Gasteiger partial charge in [-0.25, -0.2) is 0 Å². The second-order valence-electron chi connectivity index (χ2n) is 3.48. The molecule has 0 saturated heterocycles. The molecule has 0 atom stereocenters. The van der Waals surface area contributed by atoms with Crippen molar-refractivity contribution in [3.8, 4) is 16.2 Å². The maximum absolute atomic E-state index is 10.9. The average Bonchev–Trinajstić information content (AvgIpc) is 2.39. The number of nitrogens with two attached hydrogens (primary N) is 1. The molecule has 0 unspecified atom stereocenters. The number of methoxy groups -OCH3 is 1. The third-order valence-electron chi connectivity index (χ3n) is 2.39. The smallest absolute Gasteiger partial charge is 0.253 e. The number of amides is 1. The van der Waals surface area contributed by atoms with Crippen molar-refractivity contribution in [3.05, 3.63) is 47.3 Å². The van der Waals surface area contributed by atoms with Crippen LogP contribution in [0.4, 0.5) is 0 Å². The van der Waals surface area contributed by atoms with Crippen molar-refractivity contribution in [1.29, 1.82) is 0 Å². The fourth-order valence-electron chi connectivity index (χ4n) is 1.43. The normalized spacial score (nSPS) is 9.94. The van der Waals surface area contributed by atoms with Crippen LogP contribution >= 0.6 is 11.3 Å². The van der Waals surface area contributed by atoms with Gasteiger partial charge in [0.2, 0.25) is 21.6 Å². The third kappa shape index (κ3) is 2.60. The van der Waals surface area contributed by atoms with Crippen LogP contribution in [0, 0.1) is 0 Å². The molecule has 0 aliphatic heterocycles. The second kappa shape index (κ2) is 4.93. The van der Waals surface area contributed by atoms with Crippen LogP contribution in [0.5, 0.6) is 5.75 Å². The Labute approximate surface area is 103 Å². The van der Waals surface area contributed by atoms with Gasteiger partial charge in [-0.3, -0.25) is 4.79 Å². The minimum atomic E-state index is -0.400. The van der Waals surface area contributed by atoms with Crippen LogP contribution in [-0.4, -0.2) is 13.0 Å². The lowest BCUT2D eigenvalue weighted by Gasteiger charge is -1.98. The zero-order chi connectivity index (χ0) is 12.3. The Morgan fingerprint density at radius 3 is 2.35 bits per heavy atom. The summed E-state index contributed by atoms with van der Waals surface area (Å²) in [5.74, 6) is 0.426. The second-order valence-corrected chi connectivity index (χ2v) is 4.39. The fraction of sp³-hybridized carbons (Fsp3) is 0.0769. The van der Waals surface area contributed by atoms with Gasteiger partial charge in [-0.15, -0.1) is 0 Å². The van der Waals surface area contributed by atoms with Gasteiger partial charge in [0.1, 0.15) is 5.75 Å². The van der Waals surface area contributed by atoms with Crippen molar-refractivity contribution in [2.24, 2.45) is 5.73 Å². The van der Waals surface area contributed by atoms with E-state index in [1.807, 2.05) is 30.3 Å². The van der Waals surface area contributed by atoms with Crippen LogP contribution in [0.1, 0.15) is 10.4 Å². The molecule has 2 rings (SSSR count). The maximum Gasteiger partial charge on any atom is 0.253 e. The van der Waals surface area contributed by atoms with Crippen LogP contribution in [0.2, 0.25) is 0 Å². The lowest BCUT2D eigenvalue weighted by molar-refractivity contribution is 0.100. The summed E-state index contributed by atoms with van der Waals surface area (Å²) in [6.45, 7) is 0. The summed E-state index contributed by atoms with van der Waals surface area (Å²) in [6, 6.07) is 11.4. The molecule has 0 saturated carbocycles. The molecule has 1 aromatic carbocycles. The Bertz CT molecular complexity index is 520. The molecule has 2 aromatic rings. The van der Waals surface area contributed by atoms with E-state index in [9.17, 15) is 4.79 Å². The lowest BCUT2D eigenvalue weighted by atomic mass is 10.2. The van der Waals surface area contributed by atoms with Gasteiger partial charge in [-0.2, -0.15) is 0 Å². The molecule has 4 heteroatoms. The van der Waals surface area contributed by atoms with Gasteiger partial charge in [-0.1, -0.05) is 0 Å². The predicted octanol–water partition coefficient (Wildman–Crippen LogP) is 2.80. The zero-order valence-corrected chi connectivity index (χ0v) is 10.2. The van der Waals surface area contributed by atoms with Gasteiger partial charge in [-0.05, 0) is 30.3 Å². The standard InChI is InChI=1S/C13H11NO2S/c1-16-11-5-2-9(3-6-11)12-7-4-10(8-17-12)13(14)15/h2-8H,1H3,(H-,14,15)/p+1. The first-order valence-electron chi connectivity index (χ1n) is 5.07. The van der Waals surface area contributed by atoms with Crippen LogP contribution < -0.4 is 10.5 Å². The Hall–Kier alpha value is -1.94. The lowest BCUT2D eigenvalue weighted by Crippen LogP contribution is -2.09. The van der Waals surface area contributed by atoms with Gasteiger partial charge in [0.25, 0.3) is 5.91 Å². The molecule has 0 aliphatic carbocycles. The van der Waals surface area contributed by atoms with Gasteiger partial charge in [0.05, 0.1) is 12.7 Å². The van der Waals surface area contributed by atoms with Gasteiger partial charge < -0.3 is 10.5 Å². The number of hydrogen-bond acceptors (Lipinski definition) is 2. The largest absolute Gasteiger partial charge is 0.497 e. The molecule has 86 valence electrons. The molecule has 17 heavy (non-hydrogen) atoms. The quantitative estimate of drug-likeness (QED) is 0.847. The van der Waals surface area contributed by atoms with Crippen molar-refractivity contribution in [2.75, 3.05) is 7.11 Å². The summed E-state index contributed by atoms with van der Waals surface area (Å²) in [4.78, 5) is 12.0. The molecule has 1 amide bonds. The number of primary amides is 1. The maximum atomic E-state index is 10.9. The first-order valence-corrected chi connectivity index (χ1v) is 5.95. The van der Waals surface area contributed by atoms with E-state index in [1.165, 1.54) is 11.3 Å². The number of rotatable bonds is 3. The molecular weight excluding hydrogens is 234 g/mol. The number of carbonyl (C=O) groups excluding carboxylic acids is 1. The molecule has 0 fully saturated rings. The van der Waals surface area contributed by atoms with Crippen LogP contribution in [0.3, 0.4) is 0 Å². The van der Waals surface area contributed by atoms with Crippen molar-refractivity contribution in [1.82, 2.24) is 0 Å². The van der Waals surface area contributed by atoms with E-state index in [-0.39, 0.29) is 0 Å². The van der Waals surface area contributed by atoms with E-state index >= 15 is 0 Å². The molecule has 0 bridgehead atoms. The Balaban J connectivity index is 2.29. The zero-order valence-electron chi connectivity index (χ0n) is 9.34. The highest BCUT2D eigenvalue weighted by molar-refractivity contribution is 7.13. The number of hydrogen-bond donors (Lipinski definition) is 1. The van der Waals surface area contributed by atoms with Crippen molar-refractivity contribution in [2.45, 2.75) is 0 Å². The monoisotopic (exact) mass is 246 g/mol. The number of carbonyl (C=O) groups is 1. The number of ether oxygens (including phenoxy) is 1. The Morgan fingerprint density at radius 2 is 1.88 bits per heavy atom. The van der Waals surface area contributed by atoms with Crippen molar-refractivity contribution >= 4 is 17.2 Å². The third-order valence-corrected chi connectivity index (χ3v) is 3.38. The molecule has 1 heterocycles. The summed E-state index contributed by atoms with van der Waals surface area (Å²) in [7, 11) is 1.64. The molecular formula is C13H12NO2S+. The molecule has 1 aromatic heterocycles. The molecule has 0 radical (unpaired) electrons. The van der Waals surface area contributed by atoms with Crippen LogP contribution in [0.25, 0.3) is 10.4 Å². The van der Waals surface area contributed by atoms with Gasteiger partial charge in [0.15, 0.2) is 0 Å². The minimum Gasteiger partial charge on any atom is -0.497 e. The van der Waals surface area contributed by atoms with E-state index in [1.54, 1.807) is 18.6 Å². The van der Waals surface area contributed by atoms with E-state index in [2.05, 4.69) is 0 Å². The summed E-state index contributed by atoms with van der Waals surface area (Å²) in [5, 5.41) is 1.77. The highest BCUT2D eigenvalue weighted by Gasteiger charge is 2.12. The Kier molecular flexibility index (Phi) is 3.35. The summed E-state index contributed by atoms with van der Waals surface area (Å²) >= 11 is 1.49. The van der Waals surface area contributed by atoms with Gasteiger partial charge in [0, 0.05) is 11.6 Å². The van der Waals surface area contributed by atoms with Crippen molar-refractivity contribution in [3.63, 3.8) is 0 Å². The molecule has 0 spiro atoms. The highest BCUT2D eigenvalue weighted by Crippen LogP contribution is 2.26. The first kappa shape index (κ1) is 11.5. The van der Waals surface area contributed by atoms with Crippen LogP contribution in [0.15, 0.2) is 41.8 Å². The van der Waals surface area contributed by atoms with E-state index in [4.69, 9.17) is 10.5 Å². The fourth-order valence-corrected chi connectivity index (χ4v) is 2.30. The average molecular weight is 246 g/mol. The minimum absolute atomic E-state index is 0.400. The first-order chi connectivity index (χ1) is 8.20. The summed E-state index contributed by atoms with van der Waals surface area (Å²) < 4.78 is 5.10. The molecule has 0 aliphatic rings. The Morgan fingerprint density at radius 1 is 1.18 bits per heavy atom. The van der Waals surface area contributed by atoms with E-state index in [0.29, 0.717) is 5.56 Å². The molecule has 3 nitrogen and oxygen atoms in total. The topological polar surface area (TPSA) is 52.3 Å². The predicted molar refractivity (Wildman–Crippen MR) is 69.2 cm³/mol. The SMILES string of the molecule is COc1ccc(-c2ccc(C(N)=O)c[s+]2)cc1. The summed E-state index contributed by atoms with van der Waals surface area (Å²) in [6.07, 6.45) is 0. The molecule has 2 N–H and O–H groups in total. The van der Waals surface area contributed by atoms with E-state index < -0.39 is 5.91 Å². The van der Waals surface area contributed by atoms with Gasteiger partial charge >= 0.3 is 0 Å². The highest BCUT2D eigenvalue weighted by atomic mass is 32.1. The number of benzene rings is 1. The van der Waals surface area contributed by atoms with Crippen molar-refractivity contribution < 1.29 is 9.53 Å². The summed E-state index contributed by atoms with van der Waals surface area (Å²) in [5.41, 5.74) is 6.82. The van der Waals surface area contributed by atoms with Crippen LogP contribution in [-0.2, 0) is 0 Å². The van der Waals surface area contributed by atoms with E-state index in [0.717, 1.165) is 16.2 Å².